The van der Waals surface area contributed by atoms with Crippen LogP contribution in [0.25, 0.3) is 0 Å². The Bertz CT molecular complexity index is 1740. The molecule has 8 nitrogen and oxygen atoms in total. The monoisotopic (exact) mass is 618 g/mol. The number of nitrogens with one attached hydrogen (secondary N) is 1. The number of anilines is 1. The van der Waals surface area contributed by atoms with E-state index in [0.29, 0.717) is 35.6 Å². The van der Waals surface area contributed by atoms with E-state index in [1.165, 1.54) is 12.0 Å². The van der Waals surface area contributed by atoms with Gasteiger partial charge in [0.15, 0.2) is 11.5 Å². The summed E-state index contributed by atoms with van der Waals surface area (Å²) in [6, 6.07) is 29.2. The molecule has 0 spiro atoms. The minimum atomic E-state index is -1.77. The highest BCUT2D eigenvalue weighted by molar-refractivity contribution is 6.25. The topological polar surface area (TPSA) is 105 Å². The molecule has 2 amide bonds. The minimum Gasteiger partial charge on any atom is -0.493 e. The third kappa shape index (κ3) is 5.22. The average Bonchev–Trinajstić information content (AvgIpc) is 3.56. The first kappa shape index (κ1) is 31.0. The lowest BCUT2D eigenvalue weighted by Crippen LogP contribution is -2.57. The van der Waals surface area contributed by atoms with Gasteiger partial charge >= 0.3 is 5.97 Å². The van der Waals surface area contributed by atoms with Crippen LogP contribution in [0.2, 0.25) is 0 Å². The number of carboxylic acid groups (broad SMARTS) is 1. The summed E-state index contributed by atoms with van der Waals surface area (Å²) >= 11 is 0. The van der Waals surface area contributed by atoms with Crippen molar-refractivity contribution in [2.45, 2.75) is 51.3 Å². The van der Waals surface area contributed by atoms with E-state index in [0.717, 1.165) is 22.3 Å². The molecule has 4 unspecified atom stereocenters. The number of methoxy groups -OCH3 is 1. The number of nitrogens with zero attached hydrogens (tertiary/aromatic N) is 1. The fraction of sp³-hybridized carbons (Fsp3) is 0.289. The number of carboxylic acids is 1. The molecular formula is C38H38N2O6. The number of carbonyl (C=O) groups excluding carboxylic acids is 2. The molecule has 4 aromatic rings. The van der Waals surface area contributed by atoms with Gasteiger partial charge < -0.3 is 14.6 Å². The van der Waals surface area contributed by atoms with Crippen LogP contribution in [0.5, 0.6) is 11.5 Å². The van der Waals surface area contributed by atoms with E-state index >= 15 is 0 Å². The molecule has 4 aromatic carbocycles. The number of fused-ring (bicyclic) bond motifs is 1. The van der Waals surface area contributed by atoms with Gasteiger partial charge in [0.05, 0.1) is 24.6 Å². The van der Waals surface area contributed by atoms with E-state index in [1.807, 2.05) is 98.8 Å². The van der Waals surface area contributed by atoms with Crippen molar-refractivity contribution < 1.29 is 29.0 Å². The van der Waals surface area contributed by atoms with Gasteiger partial charge in [-0.15, -0.1) is 0 Å². The van der Waals surface area contributed by atoms with Gasteiger partial charge in [0.1, 0.15) is 12.1 Å². The van der Waals surface area contributed by atoms with Crippen molar-refractivity contribution in [2.75, 3.05) is 12.0 Å². The maximum atomic E-state index is 14.7. The average molecular weight is 619 g/mol. The molecular weight excluding hydrogens is 580 g/mol. The molecule has 2 heterocycles. The summed E-state index contributed by atoms with van der Waals surface area (Å²) in [6.45, 7) is 4.20. The molecule has 4 atom stereocenters. The van der Waals surface area contributed by atoms with Gasteiger partial charge in [0.25, 0.3) is 0 Å². The fourth-order valence-electron chi connectivity index (χ4n) is 7.17. The number of aliphatic carboxylic acids is 1. The second kappa shape index (κ2) is 12.8. The lowest BCUT2D eigenvalue weighted by molar-refractivity contribution is -0.148. The number of para-hydroxylation sites is 2. The number of hydrogen-bond donors (Lipinski definition) is 2. The van der Waals surface area contributed by atoms with Crippen LogP contribution in [0.3, 0.4) is 0 Å². The molecule has 2 aliphatic heterocycles. The van der Waals surface area contributed by atoms with Crippen LogP contribution >= 0.6 is 0 Å². The van der Waals surface area contributed by atoms with Crippen LogP contribution in [0.15, 0.2) is 97.1 Å². The molecule has 0 radical (unpaired) electrons. The van der Waals surface area contributed by atoms with Crippen LogP contribution in [0.1, 0.15) is 47.7 Å². The number of hydrogen-bond acceptors (Lipinski definition) is 6. The molecule has 0 aromatic heterocycles. The van der Waals surface area contributed by atoms with Crippen LogP contribution in [-0.2, 0) is 40.3 Å². The van der Waals surface area contributed by atoms with Crippen LogP contribution in [0.4, 0.5) is 5.69 Å². The summed E-state index contributed by atoms with van der Waals surface area (Å²) in [4.78, 5) is 44.2. The number of amides is 2. The Hall–Kier alpha value is -4.95. The SMILES string of the molecule is CCc1cccc(CC)c1N1C(=O)C2C(c3cccc(OC)c3OCc3ccccc3)NC(Cc3ccccc3)(C(=O)O)C2C1=O. The normalized spacial score (nSPS) is 22.2. The van der Waals surface area contributed by atoms with E-state index in [9.17, 15) is 19.5 Å². The van der Waals surface area contributed by atoms with E-state index < -0.39 is 41.2 Å². The second-order valence-corrected chi connectivity index (χ2v) is 11.9. The lowest BCUT2D eigenvalue weighted by atomic mass is 9.76. The van der Waals surface area contributed by atoms with Crippen molar-refractivity contribution >= 4 is 23.5 Å². The Balaban J connectivity index is 1.52. The summed E-state index contributed by atoms with van der Waals surface area (Å²) in [5.41, 5.74) is 2.76. The number of aryl methyl sites for hydroxylation is 2. The van der Waals surface area contributed by atoms with E-state index in [-0.39, 0.29) is 13.0 Å². The van der Waals surface area contributed by atoms with Crippen molar-refractivity contribution in [2.24, 2.45) is 11.8 Å². The molecule has 2 N–H and O–H groups in total. The summed E-state index contributed by atoms with van der Waals surface area (Å²) in [5.74, 6) is -3.46. The Morgan fingerprint density at radius 3 is 2.02 bits per heavy atom. The van der Waals surface area contributed by atoms with Gasteiger partial charge in [-0.2, -0.15) is 0 Å². The minimum absolute atomic E-state index is 0.00787. The van der Waals surface area contributed by atoms with E-state index in [4.69, 9.17) is 9.47 Å². The lowest BCUT2D eigenvalue weighted by Gasteiger charge is -2.32. The first-order valence-electron chi connectivity index (χ1n) is 15.7. The molecule has 0 saturated carbocycles. The predicted molar refractivity (Wildman–Crippen MR) is 175 cm³/mol. The van der Waals surface area contributed by atoms with Gasteiger partial charge in [0.2, 0.25) is 11.8 Å². The summed E-state index contributed by atoms with van der Waals surface area (Å²) in [6.07, 6.45) is 1.23. The van der Waals surface area contributed by atoms with E-state index in [2.05, 4.69) is 5.32 Å². The zero-order valence-electron chi connectivity index (χ0n) is 26.2. The van der Waals surface area contributed by atoms with E-state index in [1.54, 1.807) is 12.1 Å². The zero-order valence-corrected chi connectivity index (χ0v) is 26.2. The summed E-state index contributed by atoms with van der Waals surface area (Å²) < 4.78 is 12.1. The number of ether oxygens (including phenoxy) is 2. The molecule has 236 valence electrons. The Labute approximate surface area is 269 Å². The molecule has 46 heavy (non-hydrogen) atoms. The Morgan fingerprint density at radius 2 is 1.43 bits per heavy atom. The predicted octanol–water partition coefficient (Wildman–Crippen LogP) is 5.92. The molecule has 0 aliphatic carbocycles. The van der Waals surface area contributed by atoms with Crippen LogP contribution in [-0.4, -0.2) is 35.5 Å². The Kier molecular flexibility index (Phi) is 8.65. The molecule has 2 saturated heterocycles. The quantitative estimate of drug-likeness (QED) is 0.201. The summed E-state index contributed by atoms with van der Waals surface area (Å²) in [5, 5.41) is 14.4. The van der Waals surface area contributed by atoms with Gasteiger partial charge in [0, 0.05) is 18.0 Å². The molecule has 2 fully saturated rings. The number of benzene rings is 4. The number of carbonyl (C=O) groups is 3. The molecule has 2 aliphatic rings. The summed E-state index contributed by atoms with van der Waals surface area (Å²) in [7, 11) is 1.54. The van der Waals surface area contributed by atoms with Gasteiger partial charge in [-0.25, -0.2) is 4.90 Å². The number of rotatable bonds is 11. The van der Waals surface area contributed by atoms with Crippen molar-refractivity contribution in [3.63, 3.8) is 0 Å². The third-order valence-corrected chi connectivity index (χ3v) is 9.34. The zero-order chi connectivity index (χ0) is 32.4. The highest BCUT2D eigenvalue weighted by Gasteiger charge is 2.69. The smallest absolute Gasteiger partial charge is 0.325 e. The fourth-order valence-corrected chi connectivity index (χ4v) is 7.17. The first-order valence-corrected chi connectivity index (χ1v) is 15.7. The maximum Gasteiger partial charge on any atom is 0.325 e. The van der Waals surface area contributed by atoms with Crippen molar-refractivity contribution in [3.05, 3.63) is 125 Å². The molecule has 8 heteroatoms. The van der Waals surface area contributed by atoms with Gasteiger partial charge in [-0.3, -0.25) is 19.7 Å². The standard InChI is InChI=1S/C38H38N2O6/c1-4-26-18-12-19-27(5-2)33(26)40-35(41)30-31(36(40)42)38(37(43)44,22-24-14-8-6-9-15-24)39-32(30)28-20-13-21-29(45-3)34(28)46-23-25-16-10-7-11-17-25/h6-21,30-32,39H,4-5,22-23H2,1-3H3,(H,43,44). The van der Waals surface area contributed by atoms with Crippen LogP contribution in [0, 0.1) is 11.8 Å². The number of imide groups is 1. The van der Waals surface area contributed by atoms with Crippen LogP contribution < -0.4 is 19.7 Å². The van der Waals surface area contributed by atoms with Gasteiger partial charge in [-0.05, 0) is 41.2 Å². The maximum absolute atomic E-state index is 14.7. The Morgan fingerprint density at radius 1 is 0.826 bits per heavy atom. The van der Waals surface area contributed by atoms with Crippen molar-refractivity contribution in [1.29, 1.82) is 0 Å². The highest BCUT2D eigenvalue weighted by atomic mass is 16.5. The van der Waals surface area contributed by atoms with Crippen molar-refractivity contribution in [1.82, 2.24) is 5.32 Å². The first-order chi connectivity index (χ1) is 22.3. The largest absolute Gasteiger partial charge is 0.493 e. The second-order valence-electron chi connectivity index (χ2n) is 11.9. The molecule has 0 bridgehead atoms. The van der Waals surface area contributed by atoms with Gasteiger partial charge in [-0.1, -0.05) is 105 Å². The highest BCUT2D eigenvalue weighted by Crippen LogP contribution is 2.54. The van der Waals surface area contributed by atoms with Crippen molar-refractivity contribution in [3.8, 4) is 11.5 Å². The molecule has 6 rings (SSSR count). The third-order valence-electron chi connectivity index (χ3n) is 9.34.